The number of urea groups is 1. The van der Waals surface area contributed by atoms with Crippen LogP contribution in [0.15, 0.2) is 66.7 Å². The lowest BCUT2D eigenvalue weighted by molar-refractivity contribution is -0.146. The van der Waals surface area contributed by atoms with Gasteiger partial charge in [-0.25, -0.2) is 4.79 Å². The molecule has 1 aromatic heterocycles. The van der Waals surface area contributed by atoms with Crippen LogP contribution in [0.5, 0.6) is 17.8 Å². The number of methoxy groups -OCH3 is 2. The average Bonchev–Trinajstić information content (AvgIpc) is 2.85. The highest BCUT2D eigenvalue weighted by molar-refractivity contribution is 5.88. The van der Waals surface area contributed by atoms with E-state index in [9.17, 15) is 14.7 Å². The SMILES string of the molecule is COc1cc(OC)nc(O[C@@H](NC(=O)N(C)C)C(C(=O)O)(c2ccccc2)c2ccccc2)n1. The fourth-order valence-corrected chi connectivity index (χ4v) is 3.45. The van der Waals surface area contributed by atoms with Gasteiger partial charge in [-0.3, -0.25) is 4.79 Å². The standard InChI is InChI=1S/C24H26N4O6/c1-28(2)23(31)27-20(34-22-25-18(32-3)15-19(26-22)33-4)24(21(29)30,16-11-7-5-8-12-16)17-13-9-6-10-14-17/h5-15,20H,1-4H3,(H,27,31)(H,29,30)/t20-/m1/s1. The molecule has 0 bridgehead atoms. The average molecular weight is 466 g/mol. The van der Waals surface area contributed by atoms with E-state index < -0.39 is 23.6 Å². The maximum atomic E-state index is 13.1. The van der Waals surface area contributed by atoms with Gasteiger partial charge in [0.15, 0.2) is 5.41 Å². The van der Waals surface area contributed by atoms with Crippen LogP contribution in [-0.4, -0.2) is 66.5 Å². The van der Waals surface area contributed by atoms with Crippen molar-refractivity contribution in [3.63, 3.8) is 0 Å². The molecule has 0 unspecified atom stereocenters. The van der Waals surface area contributed by atoms with Crippen molar-refractivity contribution in [1.29, 1.82) is 0 Å². The van der Waals surface area contributed by atoms with E-state index in [2.05, 4.69) is 15.3 Å². The topological polar surface area (TPSA) is 123 Å². The number of aromatic nitrogens is 2. The first-order valence-electron chi connectivity index (χ1n) is 10.3. The number of nitrogens with one attached hydrogen (secondary N) is 1. The quantitative estimate of drug-likeness (QED) is 0.461. The number of benzene rings is 2. The number of rotatable bonds is 9. The molecule has 0 saturated heterocycles. The summed E-state index contributed by atoms with van der Waals surface area (Å²) in [6.45, 7) is 0. The van der Waals surface area contributed by atoms with Crippen LogP contribution in [0.2, 0.25) is 0 Å². The Kier molecular flexibility index (Phi) is 7.52. The molecule has 0 aliphatic rings. The highest BCUT2D eigenvalue weighted by Crippen LogP contribution is 2.37. The van der Waals surface area contributed by atoms with Crippen molar-refractivity contribution in [2.45, 2.75) is 11.6 Å². The van der Waals surface area contributed by atoms with Gasteiger partial charge in [0.1, 0.15) is 0 Å². The van der Waals surface area contributed by atoms with E-state index in [1.54, 1.807) is 60.7 Å². The van der Waals surface area contributed by atoms with Crippen molar-refractivity contribution in [3.8, 4) is 17.8 Å². The summed E-state index contributed by atoms with van der Waals surface area (Å²) in [5, 5.41) is 13.4. The van der Waals surface area contributed by atoms with Crippen LogP contribution in [0.25, 0.3) is 0 Å². The minimum atomic E-state index is -1.87. The molecule has 0 fully saturated rings. The number of carboxylic acids is 1. The largest absolute Gasteiger partial charge is 0.481 e. The van der Waals surface area contributed by atoms with Gasteiger partial charge < -0.3 is 29.5 Å². The number of nitrogens with zero attached hydrogens (tertiary/aromatic N) is 3. The molecule has 2 N–H and O–H groups in total. The summed E-state index contributed by atoms with van der Waals surface area (Å²) in [6, 6.07) is 17.7. The fraction of sp³-hybridized carbons (Fsp3) is 0.250. The smallest absolute Gasteiger partial charge is 0.325 e. The third-order valence-corrected chi connectivity index (χ3v) is 5.15. The van der Waals surface area contributed by atoms with Crippen LogP contribution in [-0.2, 0) is 10.2 Å². The van der Waals surface area contributed by atoms with Crippen molar-refractivity contribution in [1.82, 2.24) is 20.2 Å². The summed E-state index contributed by atoms with van der Waals surface area (Å²) in [5.74, 6) is -0.969. The van der Waals surface area contributed by atoms with Gasteiger partial charge in [0.25, 0.3) is 0 Å². The van der Waals surface area contributed by atoms with Gasteiger partial charge in [0, 0.05) is 14.1 Å². The Bertz CT molecular complexity index is 1060. The minimum absolute atomic E-state index is 0.139. The summed E-state index contributed by atoms with van der Waals surface area (Å²) in [7, 11) is 5.88. The predicted molar refractivity (Wildman–Crippen MR) is 123 cm³/mol. The van der Waals surface area contributed by atoms with E-state index in [1.165, 1.54) is 39.3 Å². The zero-order valence-electron chi connectivity index (χ0n) is 19.3. The molecule has 34 heavy (non-hydrogen) atoms. The number of carbonyl (C=O) groups excluding carboxylic acids is 1. The molecule has 178 valence electrons. The molecule has 0 radical (unpaired) electrons. The second-order valence-corrected chi connectivity index (χ2v) is 7.42. The number of carboxylic acid groups (broad SMARTS) is 1. The molecule has 10 heteroatoms. The molecular formula is C24H26N4O6. The Labute approximate surface area is 197 Å². The second-order valence-electron chi connectivity index (χ2n) is 7.42. The van der Waals surface area contributed by atoms with E-state index in [-0.39, 0.29) is 17.8 Å². The van der Waals surface area contributed by atoms with E-state index in [0.29, 0.717) is 11.1 Å². The lowest BCUT2D eigenvalue weighted by Gasteiger charge is -2.38. The molecule has 0 saturated carbocycles. The summed E-state index contributed by atoms with van der Waals surface area (Å²) in [5.41, 5.74) is -1.10. The van der Waals surface area contributed by atoms with Crippen LogP contribution < -0.4 is 19.5 Å². The van der Waals surface area contributed by atoms with Gasteiger partial charge in [-0.05, 0) is 11.1 Å². The number of ether oxygens (including phenoxy) is 3. The summed E-state index contributed by atoms with van der Waals surface area (Å²) < 4.78 is 16.4. The third kappa shape index (κ3) is 4.85. The van der Waals surface area contributed by atoms with Crippen LogP contribution in [0, 0.1) is 0 Å². The number of aliphatic carboxylic acids is 1. The molecule has 3 aromatic rings. The number of hydrogen-bond donors (Lipinski definition) is 2. The van der Waals surface area contributed by atoms with Gasteiger partial charge in [0.2, 0.25) is 18.0 Å². The van der Waals surface area contributed by atoms with E-state index in [0.717, 1.165) is 0 Å². The third-order valence-electron chi connectivity index (χ3n) is 5.15. The zero-order valence-corrected chi connectivity index (χ0v) is 19.3. The maximum absolute atomic E-state index is 13.1. The van der Waals surface area contributed by atoms with Crippen molar-refractivity contribution in [2.24, 2.45) is 0 Å². The van der Waals surface area contributed by atoms with Gasteiger partial charge in [-0.15, -0.1) is 0 Å². The molecule has 0 aliphatic heterocycles. The van der Waals surface area contributed by atoms with Crippen LogP contribution >= 0.6 is 0 Å². The first-order valence-corrected chi connectivity index (χ1v) is 10.3. The number of hydrogen-bond acceptors (Lipinski definition) is 7. The van der Waals surface area contributed by atoms with E-state index in [4.69, 9.17) is 14.2 Å². The van der Waals surface area contributed by atoms with Gasteiger partial charge in [0.05, 0.1) is 20.3 Å². The van der Waals surface area contributed by atoms with E-state index in [1.807, 2.05) is 0 Å². The van der Waals surface area contributed by atoms with Crippen LogP contribution in [0.1, 0.15) is 11.1 Å². The first kappa shape index (κ1) is 24.3. The van der Waals surface area contributed by atoms with Crippen molar-refractivity contribution < 1.29 is 28.9 Å². The molecule has 2 aromatic carbocycles. The highest BCUT2D eigenvalue weighted by atomic mass is 16.5. The Hall–Kier alpha value is -4.34. The molecule has 0 spiro atoms. The Balaban J connectivity index is 2.27. The lowest BCUT2D eigenvalue weighted by Crippen LogP contribution is -2.60. The van der Waals surface area contributed by atoms with Crippen LogP contribution in [0.4, 0.5) is 4.79 Å². The fourth-order valence-electron chi connectivity index (χ4n) is 3.45. The predicted octanol–water partition coefficient (Wildman–Crippen LogP) is 2.54. The molecule has 1 atom stereocenters. The van der Waals surface area contributed by atoms with Gasteiger partial charge in [-0.1, -0.05) is 60.7 Å². The summed E-state index contributed by atoms with van der Waals surface area (Å²) >= 11 is 0. The van der Waals surface area contributed by atoms with Gasteiger partial charge >= 0.3 is 18.0 Å². The molecule has 2 amide bonds. The monoisotopic (exact) mass is 466 g/mol. The number of amides is 2. The lowest BCUT2D eigenvalue weighted by atomic mass is 9.72. The molecule has 0 aliphatic carbocycles. The Morgan fingerprint density at radius 1 is 0.912 bits per heavy atom. The van der Waals surface area contributed by atoms with Gasteiger partial charge in [-0.2, -0.15) is 9.97 Å². The van der Waals surface area contributed by atoms with Crippen LogP contribution in [0.3, 0.4) is 0 Å². The maximum Gasteiger partial charge on any atom is 0.325 e. The summed E-state index contributed by atoms with van der Waals surface area (Å²) in [6.07, 6.45) is -1.47. The number of carbonyl (C=O) groups is 2. The minimum Gasteiger partial charge on any atom is -0.481 e. The molecule has 3 rings (SSSR count). The zero-order chi connectivity index (χ0) is 24.7. The van der Waals surface area contributed by atoms with Crippen molar-refractivity contribution in [3.05, 3.63) is 77.9 Å². The second kappa shape index (κ2) is 10.5. The molecule has 10 nitrogen and oxygen atoms in total. The normalized spacial score (nSPS) is 11.8. The van der Waals surface area contributed by atoms with Crippen molar-refractivity contribution in [2.75, 3.05) is 28.3 Å². The molecular weight excluding hydrogens is 440 g/mol. The molecule has 1 heterocycles. The first-order chi connectivity index (χ1) is 16.3. The Morgan fingerprint density at radius 2 is 1.38 bits per heavy atom. The van der Waals surface area contributed by atoms with Crippen molar-refractivity contribution >= 4 is 12.0 Å². The Morgan fingerprint density at radius 3 is 1.76 bits per heavy atom. The summed E-state index contributed by atoms with van der Waals surface area (Å²) in [4.78, 5) is 35.5. The van der Waals surface area contributed by atoms with E-state index >= 15 is 0 Å². The highest BCUT2D eigenvalue weighted by Gasteiger charge is 2.52.